The Morgan fingerprint density at radius 3 is 2.33 bits per heavy atom. The summed E-state index contributed by atoms with van der Waals surface area (Å²) in [6.45, 7) is 2.36. The Bertz CT molecular complexity index is 221. The van der Waals surface area contributed by atoms with Crippen molar-refractivity contribution in [2.45, 2.75) is 76.3 Å². The molecule has 0 radical (unpaired) electrons. The molecule has 0 aromatic carbocycles. The van der Waals surface area contributed by atoms with Gasteiger partial charge < -0.3 is 9.47 Å². The molecule has 3 aliphatic rings. The van der Waals surface area contributed by atoms with Crippen LogP contribution in [0.25, 0.3) is 0 Å². The van der Waals surface area contributed by atoms with Crippen LogP contribution in [0.15, 0.2) is 0 Å². The summed E-state index contributed by atoms with van der Waals surface area (Å²) < 4.78 is 11.7. The molecule has 0 bridgehead atoms. The third-order valence-electron chi connectivity index (χ3n) is 4.30. The fourth-order valence-corrected chi connectivity index (χ4v) is 3.13. The molecule has 0 aromatic heterocycles. The van der Waals surface area contributed by atoms with E-state index in [2.05, 4.69) is 6.92 Å². The maximum absolute atomic E-state index is 6.20. The maximum Gasteiger partial charge on any atom is 0.0866 e. The van der Waals surface area contributed by atoms with Gasteiger partial charge in [0.15, 0.2) is 0 Å². The molecule has 0 amide bonds. The molecule has 2 heteroatoms. The molecule has 1 saturated heterocycles. The second-order valence-electron chi connectivity index (χ2n) is 5.67. The lowest BCUT2D eigenvalue weighted by atomic mass is 9.88. The van der Waals surface area contributed by atoms with Crippen LogP contribution in [0.1, 0.15) is 51.9 Å². The van der Waals surface area contributed by atoms with Crippen LogP contribution in [0.3, 0.4) is 0 Å². The molecule has 2 aliphatic carbocycles. The quantitative estimate of drug-likeness (QED) is 0.654. The molecule has 3 unspecified atom stereocenters. The second-order valence-corrected chi connectivity index (χ2v) is 5.67. The number of ether oxygens (including phenoxy) is 2. The van der Waals surface area contributed by atoms with E-state index in [1.165, 1.54) is 38.5 Å². The van der Waals surface area contributed by atoms with E-state index in [0.717, 1.165) is 12.3 Å². The molecule has 3 atom stereocenters. The van der Waals surface area contributed by atoms with Crippen molar-refractivity contribution in [3.05, 3.63) is 0 Å². The molecular formula is C13H22O2. The average Bonchev–Trinajstić information content (AvgIpc) is 3.00. The van der Waals surface area contributed by atoms with Gasteiger partial charge in [0.25, 0.3) is 0 Å². The molecular weight excluding hydrogens is 188 g/mol. The van der Waals surface area contributed by atoms with E-state index in [0.29, 0.717) is 24.4 Å². The summed E-state index contributed by atoms with van der Waals surface area (Å²) in [4.78, 5) is 0. The van der Waals surface area contributed by atoms with Crippen molar-refractivity contribution in [3.8, 4) is 0 Å². The molecule has 1 aliphatic heterocycles. The highest BCUT2D eigenvalue weighted by atomic mass is 16.6. The zero-order valence-corrected chi connectivity index (χ0v) is 9.65. The van der Waals surface area contributed by atoms with Gasteiger partial charge in [0.2, 0.25) is 0 Å². The van der Waals surface area contributed by atoms with Crippen LogP contribution < -0.4 is 0 Å². The summed E-state index contributed by atoms with van der Waals surface area (Å²) in [6, 6.07) is 0. The molecule has 2 saturated carbocycles. The molecule has 1 heterocycles. The van der Waals surface area contributed by atoms with Gasteiger partial charge in [-0.2, -0.15) is 0 Å². The standard InChI is InChI=1S/C13H22O2/c1-9-2-4-10(5-3-9)14-11-6-7-12-13(8-11)15-12/h9-13H,2-8H2,1H3. The van der Waals surface area contributed by atoms with Crippen LogP contribution in [-0.4, -0.2) is 24.4 Å². The minimum absolute atomic E-state index is 0.507. The van der Waals surface area contributed by atoms with Crippen molar-refractivity contribution in [2.24, 2.45) is 5.92 Å². The van der Waals surface area contributed by atoms with Gasteiger partial charge in [0, 0.05) is 6.42 Å². The Labute approximate surface area is 92.3 Å². The predicted octanol–water partition coefficient (Wildman–Crippen LogP) is 2.90. The summed E-state index contributed by atoms with van der Waals surface area (Å²) in [6.07, 6.45) is 11.2. The normalized spacial score (nSPS) is 49.8. The lowest BCUT2D eigenvalue weighted by Gasteiger charge is -2.30. The van der Waals surface area contributed by atoms with Gasteiger partial charge in [-0.25, -0.2) is 0 Å². The summed E-state index contributed by atoms with van der Waals surface area (Å²) in [5, 5.41) is 0. The average molecular weight is 210 g/mol. The van der Waals surface area contributed by atoms with Crippen molar-refractivity contribution in [1.82, 2.24) is 0 Å². The van der Waals surface area contributed by atoms with E-state index >= 15 is 0 Å². The van der Waals surface area contributed by atoms with E-state index in [9.17, 15) is 0 Å². The first-order valence-corrected chi connectivity index (χ1v) is 6.62. The first-order chi connectivity index (χ1) is 7.31. The second kappa shape index (κ2) is 4.06. The Balaban J connectivity index is 1.44. The zero-order chi connectivity index (χ0) is 10.3. The van der Waals surface area contributed by atoms with Crippen LogP contribution in [-0.2, 0) is 9.47 Å². The number of fused-ring (bicyclic) bond motifs is 1. The van der Waals surface area contributed by atoms with Crippen molar-refractivity contribution < 1.29 is 9.47 Å². The summed E-state index contributed by atoms with van der Waals surface area (Å²) in [7, 11) is 0. The Morgan fingerprint density at radius 1 is 0.867 bits per heavy atom. The van der Waals surface area contributed by atoms with Crippen LogP contribution in [0.5, 0.6) is 0 Å². The third kappa shape index (κ3) is 2.36. The van der Waals surface area contributed by atoms with Gasteiger partial charge in [-0.1, -0.05) is 6.92 Å². The lowest BCUT2D eigenvalue weighted by Crippen LogP contribution is -2.29. The first kappa shape index (κ1) is 10.1. The molecule has 3 rings (SSSR count). The van der Waals surface area contributed by atoms with Crippen molar-refractivity contribution >= 4 is 0 Å². The van der Waals surface area contributed by atoms with Crippen molar-refractivity contribution in [3.63, 3.8) is 0 Å². The Hall–Kier alpha value is -0.0800. The molecule has 15 heavy (non-hydrogen) atoms. The van der Waals surface area contributed by atoms with E-state index in [-0.39, 0.29) is 0 Å². The smallest absolute Gasteiger partial charge is 0.0866 e. The number of hydrogen-bond acceptors (Lipinski definition) is 2. The Morgan fingerprint density at radius 2 is 1.60 bits per heavy atom. The molecule has 0 N–H and O–H groups in total. The van der Waals surface area contributed by atoms with Gasteiger partial charge >= 0.3 is 0 Å². The van der Waals surface area contributed by atoms with E-state index in [4.69, 9.17) is 9.47 Å². The summed E-state index contributed by atoms with van der Waals surface area (Å²) >= 11 is 0. The predicted molar refractivity (Wildman–Crippen MR) is 58.8 cm³/mol. The molecule has 0 spiro atoms. The Kier molecular flexibility index (Phi) is 2.73. The minimum atomic E-state index is 0.507. The fourth-order valence-electron chi connectivity index (χ4n) is 3.13. The maximum atomic E-state index is 6.20. The van der Waals surface area contributed by atoms with E-state index in [1.54, 1.807) is 0 Å². The van der Waals surface area contributed by atoms with Crippen LogP contribution in [0.4, 0.5) is 0 Å². The number of rotatable bonds is 2. The monoisotopic (exact) mass is 210 g/mol. The van der Waals surface area contributed by atoms with Gasteiger partial charge in [-0.05, 0) is 44.4 Å². The highest BCUT2D eigenvalue weighted by Crippen LogP contribution is 2.39. The molecule has 86 valence electrons. The highest BCUT2D eigenvalue weighted by Gasteiger charge is 2.44. The SMILES string of the molecule is CC1CCC(OC2CCC3OC3C2)CC1. The fraction of sp³-hybridized carbons (Fsp3) is 1.00. The van der Waals surface area contributed by atoms with Gasteiger partial charge in [-0.15, -0.1) is 0 Å². The minimum Gasteiger partial charge on any atom is -0.375 e. The molecule has 2 nitrogen and oxygen atoms in total. The van der Waals surface area contributed by atoms with Crippen molar-refractivity contribution in [1.29, 1.82) is 0 Å². The number of epoxide rings is 1. The number of hydrogen-bond donors (Lipinski definition) is 0. The lowest BCUT2D eigenvalue weighted by molar-refractivity contribution is -0.0472. The zero-order valence-electron chi connectivity index (χ0n) is 9.65. The topological polar surface area (TPSA) is 21.8 Å². The highest BCUT2D eigenvalue weighted by molar-refractivity contribution is 4.92. The summed E-state index contributed by atoms with van der Waals surface area (Å²) in [5.74, 6) is 0.923. The van der Waals surface area contributed by atoms with Crippen LogP contribution in [0.2, 0.25) is 0 Å². The molecule has 0 aromatic rings. The van der Waals surface area contributed by atoms with E-state index < -0.39 is 0 Å². The van der Waals surface area contributed by atoms with Gasteiger partial charge in [0.05, 0.1) is 24.4 Å². The van der Waals surface area contributed by atoms with Gasteiger partial charge in [0.1, 0.15) is 0 Å². The summed E-state index contributed by atoms with van der Waals surface area (Å²) in [5.41, 5.74) is 0. The van der Waals surface area contributed by atoms with Crippen LogP contribution in [0, 0.1) is 5.92 Å². The third-order valence-corrected chi connectivity index (χ3v) is 4.30. The van der Waals surface area contributed by atoms with Crippen LogP contribution >= 0.6 is 0 Å². The molecule has 3 fully saturated rings. The largest absolute Gasteiger partial charge is 0.375 e. The van der Waals surface area contributed by atoms with Gasteiger partial charge in [-0.3, -0.25) is 0 Å². The first-order valence-electron chi connectivity index (χ1n) is 6.62. The van der Waals surface area contributed by atoms with Crippen molar-refractivity contribution in [2.75, 3.05) is 0 Å². The van der Waals surface area contributed by atoms with E-state index in [1.807, 2.05) is 0 Å².